The van der Waals surface area contributed by atoms with Crippen LogP contribution in [0, 0.1) is 13.8 Å². The molecule has 0 spiro atoms. The van der Waals surface area contributed by atoms with E-state index < -0.39 is 11.9 Å². The van der Waals surface area contributed by atoms with Gasteiger partial charge in [-0.25, -0.2) is 0 Å². The summed E-state index contributed by atoms with van der Waals surface area (Å²) in [5, 5.41) is 9.48. The number of carboxylic acid groups (broad SMARTS) is 1. The molecule has 1 aromatic carbocycles. The van der Waals surface area contributed by atoms with E-state index in [1.165, 1.54) is 0 Å². The van der Waals surface area contributed by atoms with Gasteiger partial charge in [-0.2, -0.15) is 0 Å². The van der Waals surface area contributed by atoms with Gasteiger partial charge < -0.3 is 5.11 Å². The lowest BCUT2D eigenvalue weighted by molar-refractivity contribution is -0.138. The monoisotopic (exact) mass is 212 g/mol. The summed E-state index contributed by atoms with van der Waals surface area (Å²) in [6.07, 6.45) is 0. The minimum absolute atomic E-state index is 0.508. The summed E-state index contributed by atoms with van der Waals surface area (Å²) >= 11 is 5.97. The van der Waals surface area contributed by atoms with Gasteiger partial charge in [0.15, 0.2) is 0 Å². The molecule has 1 atom stereocenters. The Morgan fingerprint density at radius 2 is 2.00 bits per heavy atom. The fourth-order valence-electron chi connectivity index (χ4n) is 1.24. The molecule has 0 aliphatic heterocycles. The first-order valence-electron chi connectivity index (χ1n) is 4.43. The van der Waals surface area contributed by atoms with Crippen LogP contribution in [0.5, 0.6) is 0 Å². The van der Waals surface area contributed by atoms with Crippen molar-refractivity contribution in [3.8, 4) is 0 Å². The maximum Gasteiger partial charge on any atom is 0.310 e. The molecule has 1 aromatic rings. The van der Waals surface area contributed by atoms with Crippen LogP contribution >= 0.6 is 11.6 Å². The van der Waals surface area contributed by atoms with E-state index in [9.17, 15) is 4.79 Å². The summed E-state index contributed by atoms with van der Waals surface area (Å²) in [7, 11) is 0. The van der Waals surface area contributed by atoms with Crippen LogP contribution in [-0.4, -0.2) is 11.1 Å². The van der Waals surface area contributed by atoms with E-state index in [4.69, 9.17) is 16.7 Å². The second-order valence-electron chi connectivity index (χ2n) is 3.50. The normalized spacial score (nSPS) is 12.6. The zero-order valence-corrected chi connectivity index (χ0v) is 9.22. The van der Waals surface area contributed by atoms with Crippen LogP contribution < -0.4 is 0 Å². The third kappa shape index (κ3) is 2.07. The average molecular weight is 213 g/mol. The van der Waals surface area contributed by atoms with Crippen molar-refractivity contribution in [2.45, 2.75) is 26.7 Å². The van der Waals surface area contributed by atoms with E-state index in [1.807, 2.05) is 19.9 Å². The van der Waals surface area contributed by atoms with Gasteiger partial charge in [-0.3, -0.25) is 4.79 Å². The van der Waals surface area contributed by atoms with Crippen LogP contribution in [0.1, 0.15) is 29.5 Å². The van der Waals surface area contributed by atoms with Gasteiger partial charge in [0.2, 0.25) is 0 Å². The lowest BCUT2D eigenvalue weighted by atomic mass is 9.97. The summed E-state index contributed by atoms with van der Waals surface area (Å²) in [6, 6.07) is 3.60. The molecule has 0 fully saturated rings. The number of hydrogen-bond donors (Lipinski definition) is 1. The minimum Gasteiger partial charge on any atom is -0.481 e. The molecule has 0 heterocycles. The van der Waals surface area contributed by atoms with Crippen molar-refractivity contribution in [1.82, 2.24) is 0 Å². The highest BCUT2D eigenvalue weighted by Gasteiger charge is 2.15. The molecule has 0 saturated heterocycles. The maximum atomic E-state index is 10.8. The molecule has 0 aromatic heterocycles. The number of rotatable bonds is 2. The highest BCUT2D eigenvalue weighted by atomic mass is 35.5. The summed E-state index contributed by atoms with van der Waals surface area (Å²) in [5.74, 6) is -1.34. The second-order valence-corrected chi connectivity index (χ2v) is 3.91. The largest absolute Gasteiger partial charge is 0.481 e. The Morgan fingerprint density at radius 3 is 2.43 bits per heavy atom. The van der Waals surface area contributed by atoms with Crippen LogP contribution in [0.25, 0.3) is 0 Å². The number of carboxylic acids is 1. The fourth-order valence-corrected chi connectivity index (χ4v) is 1.51. The van der Waals surface area contributed by atoms with E-state index in [0.29, 0.717) is 5.02 Å². The molecular weight excluding hydrogens is 200 g/mol. The summed E-state index contributed by atoms with van der Waals surface area (Å²) < 4.78 is 0. The van der Waals surface area contributed by atoms with E-state index in [-0.39, 0.29) is 0 Å². The minimum atomic E-state index is -0.829. The molecular formula is C11H13ClO2. The van der Waals surface area contributed by atoms with Crippen molar-refractivity contribution < 1.29 is 9.90 Å². The van der Waals surface area contributed by atoms with Gasteiger partial charge in [0.1, 0.15) is 0 Å². The van der Waals surface area contributed by atoms with Crippen molar-refractivity contribution >= 4 is 17.6 Å². The van der Waals surface area contributed by atoms with Gasteiger partial charge >= 0.3 is 5.97 Å². The second kappa shape index (κ2) is 4.01. The summed E-state index contributed by atoms with van der Waals surface area (Å²) in [6.45, 7) is 5.51. The molecule has 0 amide bonds. The molecule has 0 saturated carbocycles. The molecule has 0 bridgehead atoms. The van der Waals surface area contributed by atoms with Crippen molar-refractivity contribution in [3.05, 3.63) is 33.8 Å². The van der Waals surface area contributed by atoms with Gasteiger partial charge in [-0.05, 0) is 43.5 Å². The number of aliphatic carboxylic acids is 1. The molecule has 0 aliphatic rings. The number of halogens is 1. The van der Waals surface area contributed by atoms with Gasteiger partial charge in [-0.15, -0.1) is 0 Å². The maximum absolute atomic E-state index is 10.8. The molecule has 0 radical (unpaired) electrons. The third-order valence-electron chi connectivity index (χ3n) is 2.50. The predicted molar refractivity (Wildman–Crippen MR) is 57.0 cm³/mol. The number of benzene rings is 1. The molecule has 0 aliphatic carbocycles. The van der Waals surface area contributed by atoms with Crippen LogP contribution in [0.2, 0.25) is 5.02 Å². The fraction of sp³-hybridized carbons (Fsp3) is 0.364. The topological polar surface area (TPSA) is 37.3 Å². The van der Waals surface area contributed by atoms with Gasteiger partial charge in [0.05, 0.1) is 5.92 Å². The molecule has 76 valence electrons. The van der Waals surface area contributed by atoms with E-state index in [2.05, 4.69) is 0 Å². The first-order valence-corrected chi connectivity index (χ1v) is 4.80. The molecule has 1 rings (SSSR count). The third-order valence-corrected chi connectivity index (χ3v) is 2.89. The highest BCUT2D eigenvalue weighted by Crippen LogP contribution is 2.25. The van der Waals surface area contributed by atoms with Gasteiger partial charge in [-0.1, -0.05) is 17.7 Å². The Kier molecular flexibility index (Phi) is 3.17. The van der Waals surface area contributed by atoms with E-state index >= 15 is 0 Å². The average Bonchev–Trinajstić information content (AvgIpc) is 2.12. The number of carbonyl (C=O) groups is 1. The van der Waals surface area contributed by atoms with Crippen molar-refractivity contribution in [2.75, 3.05) is 0 Å². The smallest absolute Gasteiger partial charge is 0.310 e. The lowest BCUT2D eigenvalue weighted by Crippen LogP contribution is -2.07. The van der Waals surface area contributed by atoms with Crippen LogP contribution in [0.3, 0.4) is 0 Å². The first-order chi connectivity index (χ1) is 6.43. The van der Waals surface area contributed by atoms with Crippen molar-refractivity contribution in [3.63, 3.8) is 0 Å². The molecule has 1 unspecified atom stereocenters. The standard InChI is InChI=1S/C11H13ClO2/c1-6-4-9(8(3)11(13)14)5-10(12)7(6)2/h4-5,8H,1-3H3,(H,13,14). The Bertz CT molecular complexity index is 349. The Morgan fingerprint density at radius 1 is 1.43 bits per heavy atom. The van der Waals surface area contributed by atoms with Crippen LogP contribution in [-0.2, 0) is 4.79 Å². The van der Waals surface area contributed by atoms with Crippen LogP contribution in [0.4, 0.5) is 0 Å². The number of aryl methyl sites for hydroxylation is 1. The predicted octanol–water partition coefficient (Wildman–Crippen LogP) is 3.14. The van der Waals surface area contributed by atoms with E-state index in [1.54, 1.807) is 13.0 Å². The summed E-state index contributed by atoms with van der Waals surface area (Å²) in [4.78, 5) is 10.8. The number of hydrogen-bond acceptors (Lipinski definition) is 1. The van der Waals surface area contributed by atoms with Crippen LogP contribution in [0.15, 0.2) is 12.1 Å². The Labute approximate surface area is 88.5 Å². The SMILES string of the molecule is Cc1cc(C(C)C(=O)O)cc(Cl)c1C. The van der Waals surface area contributed by atoms with Gasteiger partial charge in [0, 0.05) is 5.02 Å². The molecule has 2 nitrogen and oxygen atoms in total. The van der Waals surface area contributed by atoms with Crippen molar-refractivity contribution in [1.29, 1.82) is 0 Å². The molecule has 14 heavy (non-hydrogen) atoms. The summed E-state index contributed by atoms with van der Waals surface area (Å²) in [5.41, 5.74) is 2.79. The zero-order chi connectivity index (χ0) is 10.9. The Balaban J connectivity index is 3.19. The lowest BCUT2D eigenvalue weighted by Gasteiger charge is -2.10. The Hall–Kier alpha value is -1.02. The quantitative estimate of drug-likeness (QED) is 0.818. The van der Waals surface area contributed by atoms with Gasteiger partial charge in [0.25, 0.3) is 0 Å². The molecule has 3 heteroatoms. The first kappa shape index (κ1) is 11.1. The molecule has 1 N–H and O–H groups in total. The van der Waals surface area contributed by atoms with E-state index in [0.717, 1.165) is 16.7 Å². The zero-order valence-electron chi connectivity index (χ0n) is 8.47. The highest BCUT2D eigenvalue weighted by molar-refractivity contribution is 6.31. The van der Waals surface area contributed by atoms with Crippen molar-refractivity contribution in [2.24, 2.45) is 0 Å².